The number of halogens is 7. The molecule has 0 radical (unpaired) electrons. The Kier molecular flexibility index (Phi) is 8.50. The monoisotopic (exact) mass is 635 g/mol. The minimum Gasteiger partial charge on any atom is -0.481 e. The summed E-state index contributed by atoms with van der Waals surface area (Å²) in [5.74, 6) is -2.57. The van der Waals surface area contributed by atoms with Gasteiger partial charge in [0.15, 0.2) is 9.84 Å². The first-order valence-electron chi connectivity index (χ1n) is 13.3. The van der Waals surface area contributed by atoms with Crippen LogP contribution in [-0.4, -0.2) is 55.7 Å². The lowest BCUT2D eigenvalue weighted by Gasteiger charge is -2.33. The van der Waals surface area contributed by atoms with E-state index in [0.717, 1.165) is 12.1 Å². The molecule has 2 aromatic carbocycles. The number of alkyl halides is 7. The third kappa shape index (κ3) is 5.53. The first-order valence-corrected chi connectivity index (χ1v) is 14.8. The molecule has 0 spiro atoms. The standard InChI is InChI=1S/C29H28F7NO5S/c1-2-18-3-13-23(14-4-18)43(41,42)26(15-16-37(17-26)24(38)19-5-7-20(8-6-19)25(39)40)21-9-11-22(12-10-21)27(30,28(31,32)33)29(34,35)36/h2-4,9-14,19-20H,1,5-8,15-17H2,(H,39,40)/t19?,20?,26-/m0/s1. The number of carbonyl (C=O) groups is 2. The number of carboxylic acids is 1. The van der Waals surface area contributed by atoms with Crippen LogP contribution in [-0.2, 0) is 29.8 Å². The molecule has 14 heteroatoms. The second-order valence-electron chi connectivity index (χ2n) is 10.9. The third-order valence-electron chi connectivity index (χ3n) is 8.50. The van der Waals surface area contributed by atoms with Crippen molar-refractivity contribution in [2.45, 2.75) is 59.8 Å². The summed E-state index contributed by atoms with van der Waals surface area (Å²) in [6.07, 6.45) is -10.4. The molecule has 2 fully saturated rings. The molecule has 4 rings (SSSR count). The van der Waals surface area contributed by atoms with Crippen molar-refractivity contribution >= 4 is 27.8 Å². The number of benzene rings is 2. The zero-order valence-electron chi connectivity index (χ0n) is 22.6. The highest BCUT2D eigenvalue weighted by Crippen LogP contribution is 2.54. The molecule has 6 nitrogen and oxygen atoms in total. The molecule has 234 valence electrons. The maximum Gasteiger partial charge on any atom is 0.435 e. The molecule has 1 aliphatic heterocycles. The van der Waals surface area contributed by atoms with Crippen LogP contribution in [0.4, 0.5) is 30.7 Å². The summed E-state index contributed by atoms with van der Waals surface area (Å²) in [6, 6.07) is 7.46. The summed E-state index contributed by atoms with van der Waals surface area (Å²) in [5, 5.41) is 9.24. The first-order chi connectivity index (χ1) is 19.9. The molecular formula is C29H28F7NO5S. The number of amides is 1. The van der Waals surface area contributed by atoms with Gasteiger partial charge in [-0.2, -0.15) is 26.3 Å². The van der Waals surface area contributed by atoms with E-state index in [9.17, 15) is 53.8 Å². The Morgan fingerprint density at radius 2 is 1.37 bits per heavy atom. The normalized spacial score (nSPS) is 23.7. The fourth-order valence-electron chi connectivity index (χ4n) is 5.93. The summed E-state index contributed by atoms with van der Waals surface area (Å²) < 4.78 is 121. The SMILES string of the molecule is C=Cc1ccc(S(=O)(=O)[C@@]2(c3ccc(C(F)(C(F)(F)F)C(F)(F)F)cc3)CCN(C(=O)C3CCC(C(=O)O)CC3)C2)cc1. The molecular weight excluding hydrogens is 607 g/mol. The molecule has 43 heavy (non-hydrogen) atoms. The van der Waals surface area contributed by atoms with Crippen molar-refractivity contribution < 1.29 is 53.8 Å². The predicted molar refractivity (Wildman–Crippen MR) is 141 cm³/mol. The average molecular weight is 636 g/mol. The van der Waals surface area contributed by atoms with Crippen LogP contribution in [0.25, 0.3) is 6.08 Å². The Bertz CT molecular complexity index is 1470. The Morgan fingerprint density at radius 1 is 0.860 bits per heavy atom. The number of nitrogens with zero attached hydrogens (tertiary/aromatic N) is 1. The van der Waals surface area contributed by atoms with Crippen molar-refractivity contribution in [2.24, 2.45) is 11.8 Å². The van der Waals surface area contributed by atoms with Crippen LogP contribution in [0.5, 0.6) is 0 Å². The summed E-state index contributed by atoms with van der Waals surface area (Å²) in [7, 11) is -4.44. The van der Waals surface area contributed by atoms with E-state index in [0.29, 0.717) is 5.56 Å². The molecule has 2 aromatic rings. The smallest absolute Gasteiger partial charge is 0.435 e. The second kappa shape index (κ2) is 11.3. The average Bonchev–Trinajstić information content (AvgIpc) is 3.43. The number of aliphatic carboxylic acids is 1. The molecule has 0 bridgehead atoms. The van der Waals surface area contributed by atoms with Gasteiger partial charge in [-0.1, -0.05) is 49.1 Å². The van der Waals surface area contributed by atoms with Gasteiger partial charge < -0.3 is 10.0 Å². The molecule has 0 unspecified atom stereocenters. The fraction of sp³-hybridized carbons (Fsp3) is 0.448. The van der Waals surface area contributed by atoms with E-state index in [2.05, 4.69) is 6.58 Å². The molecule has 1 aliphatic carbocycles. The highest BCUT2D eigenvalue weighted by molar-refractivity contribution is 7.92. The van der Waals surface area contributed by atoms with Crippen LogP contribution in [0.3, 0.4) is 0 Å². The lowest BCUT2D eigenvalue weighted by Crippen LogP contribution is -2.50. The van der Waals surface area contributed by atoms with Crippen molar-refractivity contribution in [3.8, 4) is 0 Å². The van der Waals surface area contributed by atoms with Gasteiger partial charge in [-0.25, -0.2) is 12.8 Å². The molecule has 1 amide bonds. The third-order valence-corrected chi connectivity index (χ3v) is 11.0. The van der Waals surface area contributed by atoms with Gasteiger partial charge in [-0.15, -0.1) is 0 Å². The number of likely N-dealkylation sites (tertiary alicyclic amines) is 1. The number of hydrogen-bond acceptors (Lipinski definition) is 4. The highest BCUT2D eigenvalue weighted by Gasteiger charge is 2.73. The second-order valence-corrected chi connectivity index (χ2v) is 13.2. The Morgan fingerprint density at radius 3 is 1.84 bits per heavy atom. The predicted octanol–water partition coefficient (Wildman–Crippen LogP) is 6.41. The Hall–Kier alpha value is -3.42. The van der Waals surface area contributed by atoms with Gasteiger partial charge in [0.05, 0.1) is 10.8 Å². The van der Waals surface area contributed by atoms with E-state index in [-0.39, 0.29) is 61.2 Å². The quantitative estimate of drug-likeness (QED) is 0.355. The van der Waals surface area contributed by atoms with Gasteiger partial charge in [0, 0.05) is 24.6 Å². The van der Waals surface area contributed by atoms with E-state index in [1.165, 1.54) is 35.2 Å². The van der Waals surface area contributed by atoms with Gasteiger partial charge in [0.2, 0.25) is 5.91 Å². The van der Waals surface area contributed by atoms with Gasteiger partial charge >= 0.3 is 24.0 Å². The lowest BCUT2D eigenvalue weighted by atomic mass is 9.81. The number of rotatable bonds is 7. The van der Waals surface area contributed by atoms with E-state index in [1.54, 1.807) is 0 Å². The highest BCUT2D eigenvalue weighted by atomic mass is 32.2. The molecule has 1 heterocycles. The van der Waals surface area contributed by atoms with E-state index in [1.807, 2.05) is 0 Å². The van der Waals surface area contributed by atoms with E-state index in [4.69, 9.17) is 0 Å². The maximum absolute atomic E-state index is 14.7. The summed E-state index contributed by atoms with van der Waals surface area (Å²) >= 11 is 0. The van der Waals surface area contributed by atoms with Crippen LogP contribution < -0.4 is 0 Å². The first kappa shape index (κ1) is 32.5. The van der Waals surface area contributed by atoms with Crippen molar-refractivity contribution in [3.05, 3.63) is 71.8 Å². The largest absolute Gasteiger partial charge is 0.481 e. The van der Waals surface area contributed by atoms with Crippen molar-refractivity contribution in [1.82, 2.24) is 4.90 Å². The topological polar surface area (TPSA) is 91.8 Å². The van der Waals surface area contributed by atoms with Crippen molar-refractivity contribution in [2.75, 3.05) is 13.1 Å². The zero-order chi connectivity index (χ0) is 32.0. The molecule has 0 aromatic heterocycles. The van der Waals surface area contributed by atoms with Crippen LogP contribution in [0.2, 0.25) is 0 Å². The van der Waals surface area contributed by atoms with Gasteiger partial charge in [0.25, 0.3) is 0 Å². The van der Waals surface area contributed by atoms with E-state index < -0.39 is 68.4 Å². The van der Waals surface area contributed by atoms with Gasteiger partial charge in [-0.3, -0.25) is 9.59 Å². The Balaban J connectivity index is 1.75. The Labute approximate surface area is 243 Å². The van der Waals surface area contributed by atoms with E-state index >= 15 is 0 Å². The summed E-state index contributed by atoms with van der Waals surface area (Å²) in [6.45, 7) is 3.04. The number of sulfone groups is 1. The minimum absolute atomic E-state index is 0.0957. The van der Waals surface area contributed by atoms with Crippen LogP contribution in [0.15, 0.2) is 60.0 Å². The zero-order valence-corrected chi connectivity index (χ0v) is 23.4. The van der Waals surface area contributed by atoms with Crippen LogP contribution in [0.1, 0.15) is 48.8 Å². The van der Waals surface area contributed by atoms with Gasteiger partial charge in [-0.05, 0) is 55.4 Å². The lowest BCUT2D eigenvalue weighted by molar-refractivity contribution is -0.348. The van der Waals surface area contributed by atoms with Crippen LogP contribution in [0, 0.1) is 11.8 Å². The number of carboxylic acid groups (broad SMARTS) is 1. The van der Waals surface area contributed by atoms with Crippen LogP contribution >= 0.6 is 0 Å². The summed E-state index contributed by atoms with van der Waals surface area (Å²) in [4.78, 5) is 25.8. The van der Waals surface area contributed by atoms with Gasteiger partial charge in [0.1, 0.15) is 4.75 Å². The number of carbonyl (C=O) groups excluding carboxylic acids is 1. The summed E-state index contributed by atoms with van der Waals surface area (Å²) in [5.41, 5.74) is -7.09. The molecule has 2 aliphatic rings. The fourth-order valence-corrected chi connectivity index (χ4v) is 8.00. The minimum atomic E-state index is -6.35. The van der Waals surface area contributed by atoms with Crippen molar-refractivity contribution in [1.29, 1.82) is 0 Å². The molecule has 1 saturated carbocycles. The van der Waals surface area contributed by atoms with Crippen molar-refractivity contribution in [3.63, 3.8) is 0 Å². The molecule has 1 N–H and O–H groups in total. The molecule has 1 saturated heterocycles. The molecule has 1 atom stereocenters. The number of hydrogen-bond donors (Lipinski definition) is 1. The maximum atomic E-state index is 14.7.